The molecule has 116 valence electrons. The van der Waals surface area contributed by atoms with Gasteiger partial charge >= 0.3 is 0 Å². The lowest BCUT2D eigenvalue weighted by Gasteiger charge is -2.11. The van der Waals surface area contributed by atoms with Crippen molar-refractivity contribution in [1.82, 2.24) is 9.29 Å². The predicted octanol–water partition coefficient (Wildman–Crippen LogP) is 1.83. The lowest BCUT2D eigenvalue weighted by atomic mass is 10.1. The molecule has 0 fully saturated rings. The van der Waals surface area contributed by atoms with E-state index in [0.29, 0.717) is 21.2 Å². The first-order valence-corrected chi connectivity index (χ1v) is 8.00. The second-order valence-corrected chi connectivity index (χ2v) is 6.87. The molecular formula is C15H11N3O4S. The Morgan fingerprint density at radius 1 is 1.30 bits per heavy atom. The monoisotopic (exact) mass is 329 g/mol. The normalized spacial score (nSPS) is 15.2. The van der Waals surface area contributed by atoms with Gasteiger partial charge in [0.2, 0.25) is 0 Å². The van der Waals surface area contributed by atoms with Crippen molar-refractivity contribution in [1.29, 1.82) is 5.26 Å². The number of ether oxygens (including phenoxy) is 1. The summed E-state index contributed by atoms with van der Waals surface area (Å²) < 4.78 is 31.0. The third kappa shape index (κ3) is 2.22. The first kappa shape index (κ1) is 15.0. The summed E-state index contributed by atoms with van der Waals surface area (Å²) >= 11 is 0. The van der Waals surface area contributed by atoms with E-state index in [1.165, 1.54) is 37.6 Å². The number of sulfonamides is 1. The molecule has 7 nitrogen and oxygen atoms in total. The highest BCUT2D eigenvalue weighted by atomic mass is 32.2. The molecule has 23 heavy (non-hydrogen) atoms. The zero-order valence-corrected chi connectivity index (χ0v) is 13.1. The van der Waals surface area contributed by atoms with Crippen LogP contribution in [0, 0.1) is 18.3 Å². The molecule has 0 unspecified atom stereocenters. The fourth-order valence-corrected chi connectivity index (χ4v) is 3.87. The molecule has 3 rings (SSSR count). The Labute approximate surface area is 132 Å². The van der Waals surface area contributed by atoms with Crippen LogP contribution in [-0.2, 0) is 10.0 Å². The van der Waals surface area contributed by atoms with Gasteiger partial charge < -0.3 is 4.74 Å². The molecule has 0 aliphatic carbocycles. The van der Waals surface area contributed by atoms with Crippen LogP contribution in [0.25, 0.3) is 0 Å². The topological polar surface area (TPSA) is 100 Å². The molecule has 2 heterocycles. The SMILES string of the molecule is Cc1c(Oc2cncc(C#N)c2)ccc2c1S(=O)(=O)N(C)C2=O. The molecule has 1 amide bonds. The zero-order valence-electron chi connectivity index (χ0n) is 12.3. The Morgan fingerprint density at radius 2 is 2.04 bits per heavy atom. The van der Waals surface area contributed by atoms with Crippen LogP contribution in [0.15, 0.2) is 35.5 Å². The van der Waals surface area contributed by atoms with E-state index in [2.05, 4.69) is 4.98 Å². The Hall–Kier alpha value is -2.92. The van der Waals surface area contributed by atoms with Crippen LogP contribution in [0.2, 0.25) is 0 Å². The summed E-state index contributed by atoms with van der Waals surface area (Å²) in [5.41, 5.74) is 0.785. The van der Waals surface area contributed by atoms with Gasteiger partial charge in [0.15, 0.2) is 0 Å². The molecule has 0 saturated carbocycles. The lowest BCUT2D eigenvalue weighted by molar-refractivity contribution is 0.0891. The summed E-state index contributed by atoms with van der Waals surface area (Å²) in [6.45, 7) is 1.57. The quantitative estimate of drug-likeness (QED) is 0.833. The van der Waals surface area contributed by atoms with Crippen molar-refractivity contribution in [2.24, 2.45) is 0 Å². The van der Waals surface area contributed by atoms with Crippen LogP contribution in [-0.4, -0.2) is 30.7 Å². The third-order valence-corrected chi connectivity index (χ3v) is 5.49. The van der Waals surface area contributed by atoms with Crippen molar-refractivity contribution in [2.45, 2.75) is 11.8 Å². The zero-order chi connectivity index (χ0) is 16.8. The number of nitrogens with zero attached hydrogens (tertiary/aromatic N) is 3. The van der Waals surface area contributed by atoms with Gasteiger partial charge in [-0.2, -0.15) is 5.26 Å². The summed E-state index contributed by atoms with van der Waals surface area (Å²) in [4.78, 5) is 15.8. The number of nitriles is 1. The van der Waals surface area contributed by atoms with Gasteiger partial charge in [-0.25, -0.2) is 12.7 Å². The first-order valence-electron chi connectivity index (χ1n) is 6.56. The van der Waals surface area contributed by atoms with Crippen LogP contribution < -0.4 is 4.74 Å². The van der Waals surface area contributed by atoms with Gasteiger partial charge in [-0.15, -0.1) is 0 Å². The highest BCUT2D eigenvalue weighted by Crippen LogP contribution is 2.37. The number of aromatic nitrogens is 1. The van der Waals surface area contributed by atoms with Gasteiger partial charge in [0, 0.05) is 24.9 Å². The number of benzene rings is 1. The Kier molecular flexibility index (Phi) is 3.30. The molecule has 1 aromatic carbocycles. The number of amides is 1. The maximum Gasteiger partial charge on any atom is 0.268 e. The summed E-state index contributed by atoms with van der Waals surface area (Å²) in [7, 11) is -2.64. The van der Waals surface area contributed by atoms with Gasteiger partial charge in [-0.1, -0.05) is 0 Å². The number of carbonyl (C=O) groups is 1. The summed E-state index contributed by atoms with van der Waals surface area (Å²) in [6, 6.07) is 6.38. The number of fused-ring (bicyclic) bond motifs is 1. The molecule has 8 heteroatoms. The number of rotatable bonds is 2. The van der Waals surface area contributed by atoms with E-state index in [4.69, 9.17) is 10.00 Å². The maximum absolute atomic E-state index is 12.3. The molecule has 0 spiro atoms. The molecule has 0 radical (unpaired) electrons. The molecule has 2 aromatic rings. The molecule has 0 saturated heterocycles. The van der Waals surface area contributed by atoms with Crippen LogP contribution in [0.5, 0.6) is 11.5 Å². The maximum atomic E-state index is 12.3. The summed E-state index contributed by atoms with van der Waals surface area (Å²) in [5.74, 6) is 0.0253. The number of pyridine rings is 1. The smallest absolute Gasteiger partial charge is 0.268 e. The molecular weight excluding hydrogens is 318 g/mol. The van der Waals surface area contributed by atoms with Gasteiger partial charge in [0.05, 0.1) is 17.3 Å². The Morgan fingerprint density at radius 3 is 2.74 bits per heavy atom. The number of hydrogen-bond acceptors (Lipinski definition) is 6. The largest absolute Gasteiger partial charge is 0.455 e. The van der Waals surface area contributed by atoms with E-state index in [1.807, 2.05) is 6.07 Å². The van der Waals surface area contributed by atoms with Gasteiger partial charge in [-0.3, -0.25) is 9.78 Å². The summed E-state index contributed by atoms with van der Waals surface area (Å²) in [6.07, 6.45) is 2.81. The van der Waals surface area contributed by atoms with E-state index in [1.54, 1.807) is 6.92 Å². The Bertz CT molecular complexity index is 977. The van der Waals surface area contributed by atoms with Gasteiger partial charge in [0.1, 0.15) is 22.5 Å². The fourth-order valence-electron chi connectivity index (χ4n) is 2.36. The van der Waals surface area contributed by atoms with Crippen molar-refractivity contribution in [3.05, 3.63) is 47.3 Å². The van der Waals surface area contributed by atoms with Crippen LogP contribution in [0.1, 0.15) is 21.5 Å². The average molecular weight is 329 g/mol. The predicted molar refractivity (Wildman–Crippen MR) is 79.5 cm³/mol. The van der Waals surface area contributed by atoms with Crippen molar-refractivity contribution < 1.29 is 17.9 Å². The minimum atomic E-state index is -3.86. The van der Waals surface area contributed by atoms with Crippen LogP contribution in [0.3, 0.4) is 0 Å². The third-order valence-electron chi connectivity index (χ3n) is 3.56. The highest BCUT2D eigenvalue weighted by molar-refractivity contribution is 7.90. The second-order valence-electron chi connectivity index (χ2n) is 4.97. The number of carbonyl (C=O) groups excluding carboxylic acids is 1. The average Bonchev–Trinajstić information content (AvgIpc) is 2.71. The minimum absolute atomic E-state index is 0.0492. The summed E-state index contributed by atoms with van der Waals surface area (Å²) in [5, 5.41) is 8.87. The van der Waals surface area contributed by atoms with Crippen molar-refractivity contribution in [3.8, 4) is 17.6 Å². The number of hydrogen-bond donors (Lipinski definition) is 0. The molecule has 1 aliphatic heterocycles. The molecule has 0 N–H and O–H groups in total. The van der Waals surface area contributed by atoms with Crippen LogP contribution in [0.4, 0.5) is 0 Å². The van der Waals surface area contributed by atoms with Crippen molar-refractivity contribution in [3.63, 3.8) is 0 Å². The molecule has 0 atom stereocenters. The lowest BCUT2D eigenvalue weighted by Crippen LogP contribution is -2.25. The van der Waals surface area contributed by atoms with E-state index in [0.717, 1.165) is 0 Å². The molecule has 0 bridgehead atoms. The van der Waals surface area contributed by atoms with E-state index in [-0.39, 0.29) is 16.2 Å². The highest BCUT2D eigenvalue weighted by Gasteiger charge is 2.40. The van der Waals surface area contributed by atoms with Crippen molar-refractivity contribution >= 4 is 15.9 Å². The molecule has 1 aliphatic rings. The minimum Gasteiger partial charge on any atom is -0.455 e. The first-order chi connectivity index (χ1) is 10.9. The Balaban J connectivity index is 2.10. The van der Waals surface area contributed by atoms with E-state index in [9.17, 15) is 13.2 Å². The van der Waals surface area contributed by atoms with Crippen molar-refractivity contribution in [2.75, 3.05) is 7.05 Å². The van der Waals surface area contributed by atoms with Gasteiger partial charge in [-0.05, 0) is 19.1 Å². The van der Waals surface area contributed by atoms with Crippen LogP contribution >= 0.6 is 0 Å². The van der Waals surface area contributed by atoms with E-state index < -0.39 is 15.9 Å². The standard InChI is InChI=1S/C15H11N3O4S/c1-9-13(22-11-5-10(6-16)7-17-8-11)4-3-12-14(9)23(20,21)18(2)15(12)19/h3-5,7-8H,1-2H3. The fraction of sp³-hybridized carbons (Fsp3) is 0.133. The van der Waals surface area contributed by atoms with Gasteiger partial charge in [0.25, 0.3) is 15.9 Å². The molecule has 1 aromatic heterocycles. The van der Waals surface area contributed by atoms with E-state index >= 15 is 0 Å². The second kappa shape index (κ2) is 5.07.